The predicted molar refractivity (Wildman–Crippen MR) is 213 cm³/mol. The molecule has 1 aromatic carbocycles. The number of hydroxylamine groups is 4. The lowest BCUT2D eigenvalue weighted by Crippen LogP contribution is -2.51. The molecule has 1 fully saturated rings. The highest BCUT2D eigenvalue weighted by Gasteiger charge is 2.36. The first-order valence-corrected chi connectivity index (χ1v) is 21.3. The van der Waals surface area contributed by atoms with Crippen LogP contribution in [0.4, 0.5) is 0 Å². The van der Waals surface area contributed by atoms with Gasteiger partial charge in [0.2, 0.25) is 24.1 Å². The van der Waals surface area contributed by atoms with Gasteiger partial charge in [-0.25, -0.2) is 19.9 Å². The smallest absolute Gasteiger partial charge is 0.328 e. The molecule has 1 aromatic rings. The van der Waals surface area contributed by atoms with E-state index in [2.05, 4.69) is 22.5 Å². The second-order valence-corrected chi connectivity index (χ2v) is 15.4. The van der Waals surface area contributed by atoms with Crippen LogP contribution in [0.5, 0.6) is 5.75 Å². The molecule has 0 spiro atoms. The number of rotatable bonds is 28. The monoisotopic (exact) mass is 801 g/mol. The van der Waals surface area contributed by atoms with Gasteiger partial charge in [0.25, 0.3) is 5.91 Å². The second kappa shape index (κ2) is 26.6. The third-order valence-corrected chi connectivity index (χ3v) is 10.7. The highest BCUT2D eigenvalue weighted by Crippen LogP contribution is 2.22. The van der Waals surface area contributed by atoms with Gasteiger partial charge in [-0.3, -0.25) is 29.6 Å². The van der Waals surface area contributed by atoms with Crippen molar-refractivity contribution >= 4 is 36.0 Å². The predicted octanol–water partition coefficient (Wildman–Crippen LogP) is 5.96. The zero-order valence-corrected chi connectivity index (χ0v) is 34.1. The molecule has 320 valence electrons. The molecule has 2 aliphatic rings. The number of amides is 4. The summed E-state index contributed by atoms with van der Waals surface area (Å²) in [4.78, 5) is 69.0. The summed E-state index contributed by atoms with van der Waals surface area (Å²) in [6.45, 7) is 4.03. The van der Waals surface area contributed by atoms with Crippen LogP contribution >= 0.6 is 0 Å². The number of carbonyl (C=O) groups excluding carboxylic acids is 5. The van der Waals surface area contributed by atoms with E-state index in [0.29, 0.717) is 60.6 Å². The van der Waals surface area contributed by atoms with Crippen LogP contribution in [0, 0.1) is 5.92 Å². The molecule has 0 radical (unpaired) electrons. The highest BCUT2D eigenvalue weighted by molar-refractivity contribution is 5.99. The van der Waals surface area contributed by atoms with Crippen LogP contribution in [0.3, 0.4) is 0 Å². The summed E-state index contributed by atoms with van der Waals surface area (Å²) in [6.07, 6.45) is 17.4. The Kier molecular flexibility index (Phi) is 22.0. The number of unbranched alkanes of at least 4 members (excludes halogenated alkanes) is 13. The lowest BCUT2D eigenvalue weighted by atomic mass is 9.96. The molecule has 0 saturated carbocycles. The summed E-state index contributed by atoms with van der Waals surface area (Å²) in [6, 6.07) is 3.18. The van der Waals surface area contributed by atoms with E-state index in [-0.39, 0.29) is 44.2 Å². The minimum atomic E-state index is -1.13. The molecule has 1 saturated heterocycles. The van der Waals surface area contributed by atoms with Crippen molar-refractivity contribution in [2.24, 2.45) is 10.9 Å². The molecular weight excluding hydrogens is 734 g/mol. The van der Waals surface area contributed by atoms with Gasteiger partial charge in [0.15, 0.2) is 6.04 Å². The van der Waals surface area contributed by atoms with Crippen LogP contribution < -0.4 is 10.6 Å². The Bertz CT molecular complexity index is 1410. The first kappa shape index (κ1) is 47.1. The molecule has 0 bridgehead atoms. The Morgan fingerprint density at radius 1 is 0.947 bits per heavy atom. The summed E-state index contributed by atoms with van der Waals surface area (Å²) >= 11 is 0. The van der Waals surface area contributed by atoms with E-state index in [9.17, 15) is 39.5 Å². The Hall–Kier alpha value is -4.24. The Morgan fingerprint density at radius 3 is 2.19 bits per heavy atom. The van der Waals surface area contributed by atoms with E-state index in [1.54, 1.807) is 19.1 Å². The van der Waals surface area contributed by atoms with Crippen molar-refractivity contribution in [1.29, 1.82) is 0 Å². The number of phenols is 1. The molecule has 0 aliphatic carbocycles. The maximum absolute atomic E-state index is 13.9. The van der Waals surface area contributed by atoms with Crippen LogP contribution in [0.2, 0.25) is 0 Å². The number of aromatic hydroxyl groups is 1. The summed E-state index contributed by atoms with van der Waals surface area (Å²) in [5.41, 5.74) is 0.573. The van der Waals surface area contributed by atoms with E-state index in [4.69, 9.17) is 9.47 Å². The molecule has 57 heavy (non-hydrogen) atoms. The maximum Gasteiger partial charge on any atom is 0.328 e. The molecule has 3 rings (SSSR count). The average Bonchev–Trinajstić information content (AvgIpc) is 3.65. The van der Waals surface area contributed by atoms with E-state index in [1.807, 2.05) is 0 Å². The van der Waals surface area contributed by atoms with Gasteiger partial charge in [-0.05, 0) is 75.6 Å². The molecule has 4 amide bonds. The average molecular weight is 802 g/mol. The molecular formula is C42H67N5O10. The van der Waals surface area contributed by atoms with Gasteiger partial charge in [-0.15, -0.1) is 0 Å². The van der Waals surface area contributed by atoms with Crippen molar-refractivity contribution in [2.75, 3.05) is 19.7 Å². The van der Waals surface area contributed by atoms with Crippen LogP contribution in [0.25, 0.3) is 0 Å². The molecule has 5 unspecified atom stereocenters. The number of benzene rings is 1. The van der Waals surface area contributed by atoms with Gasteiger partial charge in [0, 0.05) is 18.7 Å². The Labute approximate surface area is 337 Å². The summed E-state index contributed by atoms with van der Waals surface area (Å²) in [5.74, 6) is -2.92. The van der Waals surface area contributed by atoms with Crippen LogP contribution in [0.1, 0.15) is 148 Å². The topological polar surface area (TPSA) is 207 Å². The van der Waals surface area contributed by atoms with Crippen LogP contribution in [-0.2, 0) is 33.4 Å². The van der Waals surface area contributed by atoms with Crippen LogP contribution in [0.15, 0.2) is 29.3 Å². The fourth-order valence-corrected chi connectivity index (χ4v) is 7.10. The highest BCUT2D eigenvalue weighted by atomic mass is 16.5. The minimum absolute atomic E-state index is 0.0278. The van der Waals surface area contributed by atoms with Crippen molar-refractivity contribution in [3.63, 3.8) is 0 Å². The standard InChI is InChI=1S/C42H67N5O10/c1-3-4-5-6-7-8-9-10-11-12-13-14-15-22-37(31(2)38(50)43-34-20-17-19-28-47(55)41(34)52)57-42(53)35(21-16-18-27-46(54)30-48)44-39(51)36-29-56-40(45-36)32-23-25-33(49)26-24-32/h23-26,30-31,34-37,49,54-55H,3-22,27-29H2,1-2H3,(H,43,50)(H,44,51). The number of phenolic OH excluding ortho intramolecular Hbond substituents is 1. The summed E-state index contributed by atoms with van der Waals surface area (Å²) < 4.78 is 11.7. The number of carbonyl (C=O) groups is 5. The SMILES string of the molecule is CCCCCCCCCCCCCCCC(OC(=O)C(CCCCN(O)C=O)NC(=O)C1COC(c2ccc(O)cc2)=N1)C(C)C(=O)NC1CCCCN(O)C1=O. The summed E-state index contributed by atoms with van der Waals surface area (Å²) in [7, 11) is 0. The molecule has 0 aromatic heterocycles. The second-order valence-electron chi connectivity index (χ2n) is 15.4. The number of ether oxygens (including phenoxy) is 2. The van der Waals surface area contributed by atoms with E-state index in [1.165, 1.54) is 63.5 Å². The molecule has 2 heterocycles. The fraction of sp³-hybridized carbons (Fsp3) is 0.714. The Morgan fingerprint density at radius 2 is 1.56 bits per heavy atom. The van der Waals surface area contributed by atoms with Crippen LogP contribution in [-0.4, -0.2) is 106 Å². The first-order valence-electron chi connectivity index (χ1n) is 21.3. The van der Waals surface area contributed by atoms with E-state index >= 15 is 0 Å². The van der Waals surface area contributed by atoms with Gasteiger partial charge < -0.3 is 25.2 Å². The Balaban J connectivity index is 1.65. The molecule has 15 nitrogen and oxygen atoms in total. The maximum atomic E-state index is 13.9. The van der Waals surface area contributed by atoms with Crippen molar-refractivity contribution in [3.05, 3.63) is 29.8 Å². The van der Waals surface area contributed by atoms with E-state index < -0.39 is 53.8 Å². The number of hydrogen-bond donors (Lipinski definition) is 5. The molecule has 15 heteroatoms. The molecule has 2 aliphatic heterocycles. The number of hydrogen-bond acceptors (Lipinski definition) is 11. The van der Waals surface area contributed by atoms with Crippen molar-refractivity contribution in [3.8, 4) is 5.75 Å². The normalized spacial score (nSPS) is 18.4. The third kappa shape index (κ3) is 17.4. The quantitative estimate of drug-likeness (QED) is 0.0221. The van der Waals surface area contributed by atoms with Gasteiger partial charge in [-0.1, -0.05) is 90.9 Å². The lowest BCUT2D eigenvalue weighted by Gasteiger charge is -2.28. The van der Waals surface area contributed by atoms with Crippen molar-refractivity contribution in [1.82, 2.24) is 20.8 Å². The fourth-order valence-electron chi connectivity index (χ4n) is 7.10. The minimum Gasteiger partial charge on any atom is -0.508 e. The third-order valence-electron chi connectivity index (χ3n) is 10.7. The number of aliphatic imine (C=N–C) groups is 1. The molecule has 5 N–H and O–H groups in total. The lowest BCUT2D eigenvalue weighted by molar-refractivity contribution is -0.167. The number of nitrogens with zero attached hydrogens (tertiary/aromatic N) is 3. The van der Waals surface area contributed by atoms with Crippen molar-refractivity contribution < 1.29 is 49.0 Å². The van der Waals surface area contributed by atoms with Gasteiger partial charge in [-0.2, -0.15) is 0 Å². The molecule has 5 atom stereocenters. The largest absolute Gasteiger partial charge is 0.508 e. The van der Waals surface area contributed by atoms with Gasteiger partial charge in [0.1, 0.15) is 30.5 Å². The zero-order valence-electron chi connectivity index (χ0n) is 34.1. The number of nitrogens with one attached hydrogen (secondary N) is 2. The van der Waals surface area contributed by atoms with E-state index in [0.717, 1.165) is 25.7 Å². The number of esters is 1. The first-order chi connectivity index (χ1) is 27.5. The zero-order chi connectivity index (χ0) is 41.4. The van der Waals surface area contributed by atoms with Gasteiger partial charge in [0.05, 0.1) is 5.92 Å². The van der Waals surface area contributed by atoms with Crippen molar-refractivity contribution in [2.45, 2.75) is 166 Å². The van der Waals surface area contributed by atoms with Gasteiger partial charge >= 0.3 is 5.97 Å². The summed E-state index contributed by atoms with van der Waals surface area (Å²) in [5, 5.41) is 35.9.